The molecule has 2 fully saturated rings. The molecule has 0 amide bonds. The summed E-state index contributed by atoms with van der Waals surface area (Å²) in [5.41, 5.74) is 1.25. The molecular weight excluding hydrogens is 264 g/mol. The van der Waals surface area contributed by atoms with E-state index >= 15 is 0 Å². The van der Waals surface area contributed by atoms with E-state index in [1.54, 1.807) is 6.08 Å². The first-order valence-corrected chi connectivity index (χ1v) is 8.20. The van der Waals surface area contributed by atoms with Crippen LogP contribution in [0.3, 0.4) is 0 Å². The van der Waals surface area contributed by atoms with E-state index in [0.717, 1.165) is 37.7 Å². The Kier molecular flexibility index (Phi) is 2.81. The highest BCUT2D eigenvalue weighted by atomic mass is 16.3. The van der Waals surface area contributed by atoms with Gasteiger partial charge in [0.2, 0.25) is 0 Å². The molecule has 0 heterocycles. The summed E-state index contributed by atoms with van der Waals surface area (Å²) in [4.78, 5) is 0. The van der Waals surface area contributed by atoms with Crippen LogP contribution in [0.2, 0.25) is 0 Å². The molecule has 0 saturated heterocycles. The van der Waals surface area contributed by atoms with Crippen LogP contribution in [0.25, 0.3) is 0 Å². The third-order valence-electron chi connectivity index (χ3n) is 6.82. The van der Waals surface area contributed by atoms with Crippen molar-refractivity contribution in [3.8, 4) is 0 Å². The predicted octanol–water partition coefficient (Wildman–Crippen LogP) is 3.63. The van der Waals surface area contributed by atoms with Gasteiger partial charge in [-0.1, -0.05) is 13.0 Å². The Bertz CT molecular complexity index is 559. The highest BCUT2D eigenvalue weighted by Gasteiger charge is 2.55. The molecule has 114 valence electrons. The maximum absolute atomic E-state index is 10.4. The van der Waals surface area contributed by atoms with E-state index in [4.69, 9.17) is 0 Å². The van der Waals surface area contributed by atoms with Crippen molar-refractivity contribution in [2.45, 2.75) is 45.1 Å². The number of aliphatic hydroxyl groups excluding tert-OH is 3. The van der Waals surface area contributed by atoms with Crippen molar-refractivity contribution in [1.82, 2.24) is 0 Å². The van der Waals surface area contributed by atoms with E-state index in [-0.39, 0.29) is 29.0 Å². The van der Waals surface area contributed by atoms with E-state index in [1.807, 2.05) is 6.08 Å². The third-order valence-corrected chi connectivity index (χ3v) is 6.82. The van der Waals surface area contributed by atoms with Gasteiger partial charge in [0, 0.05) is 5.92 Å². The molecule has 0 radical (unpaired) electrons. The van der Waals surface area contributed by atoms with Gasteiger partial charge in [0.15, 0.2) is 11.5 Å². The summed E-state index contributed by atoms with van der Waals surface area (Å²) in [5.74, 6) is 2.00. The summed E-state index contributed by atoms with van der Waals surface area (Å²) in [6.07, 6.45) is 11.0. The van der Waals surface area contributed by atoms with Gasteiger partial charge >= 0.3 is 0 Å². The summed E-state index contributed by atoms with van der Waals surface area (Å²) >= 11 is 0. The molecule has 0 aliphatic heterocycles. The van der Waals surface area contributed by atoms with Crippen LogP contribution in [0.5, 0.6) is 0 Å². The molecule has 4 rings (SSSR count). The average molecular weight is 288 g/mol. The lowest BCUT2D eigenvalue weighted by Gasteiger charge is -2.51. The molecular formula is C18H24O3. The lowest BCUT2D eigenvalue weighted by molar-refractivity contribution is -0.0405. The summed E-state index contributed by atoms with van der Waals surface area (Å²) in [6.45, 7) is 2.27. The molecule has 0 aromatic rings. The van der Waals surface area contributed by atoms with Crippen molar-refractivity contribution in [3.05, 3.63) is 35.3 Å². The smallest absolute Gasteiger partial charge is 0.157 e. The molecule has 6 atom stereocenters. The van der Waals surface area contributed by atoms with Gasteiger partial charge in [-0.15, -0.1) is 0 Å². The number of hydrogen-bond acceptors (Lipinski definition) is 3. The number of hydrogen-bond donors (Lipinski definition) is 3. The normalized spacial score (nSPS) is 48.5. The molecule has 4 aliphatic rings. The van der Waals surface area contributed by atoms with Gasteiger partial charge in [0.05, 0.1) is 6.10 Å². The Morgan fingerprint density at radius 3 is 2.71 bits per heavy atom. The molecule has 0 unspecified atom stereocenters. The van der Waals surface area contributed by atoms with Crippen LogP contribution in [0.4, 0.5) is 0 Å². The van der Waals surface area contributed by atoms with Crippen molar-refractivity contribution in [1.29, 1.82) is 0 Å². The molecule has 2 saturated carbocycles. The Morgan fingerprint density at radius 2 is 1.90 bits per heavy atom. The monoisotopic (exact) mass is 288 g/mol. The minimum atomic E-state index is -0.145. The molecule has 3 nitrogen and oxygen atoms in total. The Labute approximate surface area is 125 Å². The molecule has 0 aromatic carbocycles. The Morgan fingerprint density at radius 1 is 1.10 bits per heavy atom. The third kappa shape index (κ3) is 1.76. The van der Waals surface area contributed by atoms with Crippen LogP contribution in [0.1, 0.15) is 39.0 Å². The number of allylic oxidation sites excluding steroid dienone is 4. The van der Waals surface area contributed by atoms with Crippen LogP contribution in [0, 0.1) is 29.1 Å². The quantitative estimate of drug-likeness (QED) is 0.638. The summed E-state index contributed by atoms with van der Waals surface area (Å²) in [5, 5.41) is 29.9. The van der Waals surface area contributed by atoms with Crippen LogP contribution >= 0.6 is 0 Å². The first-order valence-electron chi connectivity index (χ1n) is 8.20. The van der Waals surface area contributed by atoms with Crippen molar-refractivity contribution in [2.24, 2.45) is 29.1 Å². The lowest BCUT2D eigenvalue weighted by atomic mass is 9.54. The molecule has 0 aromatic heterocycles. The van der Waals surface area contributed by atoms with E-state index in [0.29, 0.717) is 17.8 Å². The molecule has 0 bridgehead atoms. The van der Waals surface area contributed by atoms with E-state index in [9.17, 15) is 15.3 Å². The van der Waals surface area contributed by atoms with E-state index in [1.165, 1.54) is 0 Å². The van der Waals surface area contributed by atoms with Gasteiger partial charge in [-0.2, -0.15) is 0 Å². The van der Waals surface area contributed by atoms with Crippen molar-refractivity contribution in [2.75, 3.05) is 0 Å². The average Bonchev–Trinajstić information content (AvgIpc) is 2.76. The fraction of sp³-hybridized carbons (Fsp3) is 0.667. The second-order valence-corrected chi connectivity index (χ2v) is 7.62. The largest absolute Gasteiger partial charge is 0.504 e. The van der Waals surface area contributed by atoms with Crippen molar-refractivity contribution in [3.63, 3.8) is 0 Å². The van der Waals surface area contributed by atoms with E-state index in [2.05, 4.69) is 13.0 Å². The summed E-state index contributed by atoms with van der Waals surface area (Å²) in [7, 11) is 0. The number of rotatable bonds is 0. The number of aliphatic hydroxyl groups is 3. The van der Waals surface area contributed by atoms with E-state index < -0.39 is 0 Å². The van der Waals surface area contributed by atoms with Crippen LogP contribution in [-0.4, -0.2) is 21.4 Å². The van der Waals surface area contributed by atoms with Crippen LogP contribution in [0.15, 0.2) is 35.3 Å². The zero-order valence-electron chi connectivity index (χ0n) is 12.5. The highest BCUT2D eigenvalue weighted by molar-refractivity contribution is 5.41. The fourth-order valence-corrected chi connectivity index (χ4v) is 5.59. The van der Waals surface area contributed by atoms with Crippen molar-refractivity contribution < 1.29 is 15.3 Å². The number of fused-ring (bicyclic) bond motifs is 5. The van der Waals surface area contributed by atoms with Gasteiger partial charge in [0.25, 0.3) is 0 Å². The maximum Gasteiger partial charge on any atom is 0.157 e. The molecule has 0 spiro atoms. The first-order chi connectivity index (χ1) is 10.0. The minimum Gasteiger partial charge on any atom is -0.504 e. The molecule has 4 aliphatic carbocycles. The Hall–Kier alpha value is -1.22. The van der Waals surface area contributed by atoms with Gasteiger partial charge in [-0.25, -0.2) is 0 Å². The fourth-order valence-electron chi connectivity index (χ4n) is 5.59. The van der Waals surface area contributed by atoms with Gasteiger partial charge in [0.1, 0.15) is 0 Å². The maximum atomic E-state index is 10.4. The highest BCUT2D eigenvalue weighted by Crippen LogP contribution is 2.60. The van der Waals surface area contributed by atoms with Crippen LogP contribution in [-0.2, 0) is 0 Å². The summed E-state index contributed by atoms with van der Waals surface area (Å²) < 4.78 is 0. The zero-order valence-corrected chi connectivity index (χ0v) is 12.5. The molecule has 3 heteroatoms. The summed E-state index contributed by atoms with van der Waals surface area (Å²) in [6, 6.07) is 0. The first kappa shape index (κ1) is 13.4. The van der Waals surface area contributed by atoms with Crippen LogP contribution < -0.4 is 0 Å². The second kappa shape index (κ2) is 4.39. The standard InChI is InChI=1S/C18H24O3/c1-18-7-6-11-12(14(18)4-5-17(18)21)3-2-10-8-15(19)16(20)9-13(10)11/h2,8-9,11-14,17,19-21H,3-7H2,1H3/t11-,12+,13-,14-,17-,18-/m0/s1. The lowest BCUT2D eigenvalue weighted by Crippen LogP contribution is -2.46. The predicted molar refractivity (Wildman–Crippen MR) is 80.7 cm³/mol. The van der Waals surface area contributed by atoms with Gasteiger partial charge in [-0.3, -0.25) is 0 Å². The van der Waals surface area contributed by atoms with Gasteiger partial charge < -0.3 is 15.3 Å². The SMILES string of the molecule is C[C@]12CC[C@H]3[C@@H](CC=C4C=C(O)C(O)=C[C@@H]43)[C@@H]1CC[C@@H]2O. The van der Waals surface area contributed by atoms with Gasteiger partial charge in [-0.05, 0) is 73.0 Å². The second-order valence-electron chi connectivity index (χ2n) is 7.62. The Balaban J connectivity index is 1.69. The topological polar surface area (TPSA) is 60.7 Å². The minimum absolute atomic E-state index is 0.00659. The zero-order chi connectivity index (χ0) is 14.8. The molecule has 21 heavy (non-hydrogen) atoms. The van der Waals surface area contributed by atoms with Crippen molar-refractivity contribution >= 4 is 0 Å². The molecule has 3 N–H and O–H groups in total.